The molecule has 1 aliphatic heterocycles. The average molecular weight is 272 g/mol. The third kappa shape index (κ3) is 2.43. The van der Waals surface area contributed by atoms with Gasteiger partial charge in [-0.1, -0.05) is 18.2 Å². The second-order valence-electron chi connectivity index (χ2n) is 5.23. The fourth-order valence-electron chi connectivity index (χ4n) is 2.91. The number of aromatic amines is 1. The Balaban J connectivity index is 2.00. The number of aromatic nitrogens is 1. The molecule has 1 aliphatic rings. The van der Waals surface area contributed by atoms with E-state index in [2.05, 4.69) is 16.0 Å². The van der Waals surface area contributed by atoms with Crippen LogP contribution in [0.25, 0.3) is 10.9 Å². The Kier molecular flexibility index (Phi) is 3.74. The quantitative estimate of drug-likeness (QED) is 0.870. The SMILES string of the molecule is CCOC(=O)c1[nH]c2ccccc2c1CN1CCCC1. The van der Waals surface area contributed by atoms with Crippen LogP contribution < -0.4 is 0 Å². The number of rotatable bonds is 4. The highest BCUT2D eigenvalue weighted by atomic mass is 16.5. The molecule has 20 heavy (non-hydrogen) atoms. The lowest BCUT2D eigenvalue weighted by Crippen LogP contribution is -2.20. The van der Waals surface area contributed by atoms with Gasteiger partial charge < -0.3 is 9.72 Å². The van der Waals surface area contributed by atoms with E-state index in [9.17, 15) is 4.79 Å². The smallest absolute Gasteiger partial charge is 0.355 e. The summed E-state index contributed by atoms with van der Waals surface area (Å²) in [5, 5.41) is 1.13. The van der Waals surface area contributed by atoms with Gasteiger partial charge in [-0.3, -0.25) is 4.90 Å². The molecule has 1 aromatic heterocycles. The topological polar surface area (TPSA) is 45.3 Å². The van der Waals surface area contributed by atoms with Crippen molar-refractivity contribution in [2.75, 3.05) is 19.7 Å². The van der Waals surface area contributed by atoms with Crippen LogP contribution in [0.1, 0.15) is 35.8 Å². The van der Waals surface area contributed by atoms with E-state index < -0.39 is 0 Å². The van der Waals surface area contributed by atoms with Crippen molar-refractivity contribution in [1.29, 1.82) is 0 Å². The van der Waals surface area contributed by atoms with Crippen LogP contribution in [0.4, 0.5) is 0 Å². The number of nitrogens with one attached hydrogen (secondary N) is 1. The molecule has 0 bridgehead atoms. The van der Waals surface area contributed by atoms with Gasteiger partial charge in [0.2, 0.25) is 0 Å². The zero-order valence-electron chi connectivity index (χ0n) is 11.8. The number of carbonyl (C=O) groups is 1. The number of hydrogen-bond acceptors (Lipinski definition) is 3. The van der Waals surface area contributed by atoms with Gasteiger partial charge in [-0.05, 0) is 38.9 Å². The molecule has 0 saturated carbocycles. The number of H-pyrrole nitrogens is 1. The van der Waals surface area contributed by atoms with E-state index in [1.54, 1.807) is 0 Å². The van der Waals surface area contributed by atoms with Gasteiger partial charge in [0, 0.05) is 23.0 Å². The van der Waals surface area contributed by atoms with E-state index in [0.29, 0.717) is 12.3 Å². The highest BCUT2D eigenvalue weighted by molar-refractivity contribution is 5.98. The lowest BCUT2D eigenvalue weighted by atomic mass is 10.1. The minimum atomic E-state index is -0.252. The van der Waals surface area contributed by atoms with E-state index >= 15 is 0 Å². The van der Waals surface area contributed by atoms with Crippen LogP contribution in [-0.2, 0) is 11.3 Å². The van der Waals surface area contributed by atoms with Crippen LogP contribution >= 0.6 is 0 Å². The van der Waals surface area contributed by atoms with Crippen molar-refractivity contribution in [3.63, 3.8) is 0 Å². The number of para-hydroxylation sites is 1. The number of likely N-dealkylation sites (tertiary alicyclic amines) is 1. The normalized spacial score (nSPS) is 15.8. The van der Waals surface area contributed by atoms with Gasteiger partial charge in [-0.2, -0.15) is 0 Å². The highest BCUT2D eigenvalue weighted by Crippen LogP contribution is 2.25. The first kappa shape index (κ1) is 13.2. The second kappa shape index (κ2) is 5.67. The molecule has 1 N–H and O–H groups in total. The molecule has 0 unspecified atom stereocenters. The number of hydrogen-bond donors (Lipinski definition) is 1. The molecule has 1 aromatic carbocycles. The van der Waals surface area contributed by atoms with E-state index in [-0.39, 0.29) is 5.97 Å². The maximum Gasteiger partial charge on any atom is 0.355 e. The molecule has 4 nitrogen and oxygen atoms in total. The molecule has 0 atom stereocenters. The molecular formula is C16H20N2O2. The van der Waals surface area contributed by atoms with Crippen molar-refractivity contribution in [2.45, 2.75) is 26.3 Å². The Hall–Kier alpha value is -1.81. The first-order valence-corrected chi connectivity index (χ1v) is 7.28. The molecule has 0 spiro atoms. The van der Waals surface area contributed by atoms with Crippen LogP contribution in [0.3, 0.4) is 0 Å². The minimum absolute atomic E-state index is 0.252. The average Bonchev–Trinajstić information content (AvgIpc) is 3.08. The van der Waals surface area contributed by atoms with E-state index in [4.69, 9.17) is 4.74 Å². The van der Waals surface area contributed by atoms with Crippen molar-refractivity contribution in [3.05, 3.63) is 35.5 Å². The van der Waals surface area contributed by atoms with Gasteiger partial charge >= 0.3 is 5.97 Å². The predicted octanol–water partition coefficient (Wildman–Crippen LogP) is 2.94. The molecular weight excluding hydrogens is 252 g/mol. The molecule has 1 saturated heterocycles. The number of esters is 1. The summed E-state index contributed by atoms with van der Waals surface area (Å²) in [4.78, 5) is 17.8. The molecule has 106 valence electrons. The molecule has 2 heterocycles. The van der Waals surface area contributed by atoms with E-state index in [1.165, 1.54) is 12.8 Å². The van der Waals surface area contributed by atoms with Crippen LogP contribution in [0.5, 0.6) is 0 Å². The summed E-state index contributed by atoms with van der Waals surface area (Å²) in [7, 11) is 0. The third-order valence-corrected chi connectivity index (χ3v) is 3.87. The van der Waals surface area contributed by atoms with Crippen molar-refractivity contribution < 1.29 is 9.53 Å². The number of fused-ring (bicyclic) bond motifs is 1. The number of carbonyl (C=O) groups excluding carboxylic acids is 1. The molecule has 0 amide bonds. The number of ether oxygens (including phenoxy) is 1. The van der Waals surface area contributed by atoms with Crippen molar-refractivity contribution in [2.24, 2.45) is 0 Å². The van der Waals surface area contributed by atoms with Crippen LogP contribution in [0.2, 0.25) is 0 Å². The van der Waals surface area contributed by atoms with Gasteiger partial charge in [0.25, 0.3) is 0 Å². The fourth-order valence-corrected chi connectivity index (χ4v) is 2.91. The van der Waals surface area contributed by atoms with E-state index in [0.717, 1.165) is 36.1 Å². The maximum atomic E-state index is 12.1. The molecule has 4 heteroatoms. The fraction of sp³-hybridized carbons (Fsp3) is 0.438. The Bertz CT molecular complexity index is 612. The second-order valence-corrected chi connectivity index (χ2v) is 5.23. The Morgan fingerprint density at radius 2 is 2.05 bits per heavy atom. The predicted molar refractivity (Wildman–Crippen MR) is 78.8 cm³/mol. The maximum absolute atomic E-state index is 12.1. The van der Waals surface area contributed by atoms with Gasteiger partial charge in [0.1, 0.15) is 5.69 Å². The first-order valence-electron chi connectivity index (χ1n) is 7.28. The summed E-state index contributed by atoms with van der Waals surface area (Å²) < 4.78 is 5.17. The molecule has 0 aliphatic carbocycles. The summed E-state index contributed by atoms with van der Waals surface area (Å²) in [6.07, 6.45) is 2.49. The molecule has 2 aromatic rings. The standard InChI is InChI=1S/C16H20N2O2/c1-2-20-16(19)15-13(11-18-9-5-6-10-18)12-7-3-4-8-14(12)17-15/h3-4,7-8,17H,2,5-6,9-11H2,1H3. The summed E-state index contributed by atoms with van der Waals surface area (Å²) in [6, 6.07) is 8.07. The lowest BCUT2D eigenvalue weighted by molar-refractivity contribution is 0.0518. The summed E-state index contributed by atoms with van der Waals surface area (Å²) >= 11 is 0. The summed E-state index contributed by atoms with van der Waals surface area (Å²) in [6.45, 7) is 5.28. The number of benzene rings is 1. The van der Waals surface area contributed by atoms with Crippen LogP contribution in [0, 0.1) is 0 Å². The Morgan fingerprint density at radius 1 is 1.30 bits per heavy atom. The number of nitrogens with zero attached hydrogens (tertiary/aromatic N) is 1. The zero-order chi connectivity index (χ0) is 13.9. The lowest BCUT2D eigenvalue weighted by Gasteiger charge is -2.15. The van der Waals surface area contributed by atoms with Gasteiger partial charge in [0.15, 0.2) is 0 Å². The largest absolute Gasteiger partial charge is 0.461 e. The highest BCUT2D eigenvalue weighted by Gasteiger charge is 2.21. The molecule has 3 rings (SSSR count). The van der Waals surface area contributed by atoms with Crippen LogP contribution in [-0.4, -0.2) is 35.5 Å². The van der Waals surface area contributed by atoms with Gasteiger partial charge in [0.05, 0.1) is 6.61 Å². The van der Waals surface area contributed by atoms with Gasteiger partial charge in [-0.15, -0.1) is 0 Å². The molecule has 0 radical (unpaired) electrons. The first-order chi connectivity index (χ1) is 9.79. The summed E-state index contributed by atoms with van der Waals surface area (Å²) in [5.41, 5.74) is 2.69. The van der Waals surface area contributed by atoms with Gasteiger partial charge in [-0.25, -0.2) is 4.79 Å². The van der Waals surface area contributed by atoms with Crippen LogP contribution in [0.15, 0.2) is 24.3 Å². The minimum Gasteiger partial charge on any atom is -0.461 e. The van der Waals surface area contributed by atoms with Crippen molar-refractivity contribution in [3.8, 4) is 0 Å². The summed E-state index contributed by atoms with van der Waals surface area (Å²) in [5.74, 6) is -0.252. The van der Waals surface area contributed by atoms with Crippen molar-refractivity contribution >= 4 is 16.9 Å². The monoisotopic (exact) mass is 272 g/mol. The Morgan fingerprint density at radius 3 is 2.80 bits per heavy atom. The van der Waals surface area contributed by atoms with Crippen molar-refractivity contribution in [1.82, 2.24) is 9.88 Å². The zero-order valence-corrected chi connectivity index (χ0v) is 11.8. The Labute approximate surface area is 118 Å². The third-order valence-electron chi connectivity index (χ3n) is 3.87. The molecule has 1 fully saturated rings. The van der Waals surface area contributed by atoms with E-state index in [1.807, 2.05) is 25.1 Å².